The van der Waals surface area contributed by atoms with Crippen molar-refractivity contribution in [2.24, 2.45) is 5.92 Å². The number of phenolic OH excluding ortho intramolecular Hbond substituents is 1. The predicted octanol–water partition coefficient (Wildman–Crippen LogP) is 0.0159. The van der Waals surface area contributed by atoms with Gasteiger partial charge in [-0.1, -0.05) is 6.07 Å². The van der Waals surface area contributed by atoms with Gasteiger partial charge in [-0.25, -0.2) is 4.79 Å². The van der Waals surface area contributed by atoms with Crippen LogP contribution in [0.5, 0.6) is 5.75 Å². The highest BCUT2D eigenvalue weighted by atomic mass is 16.5. The first-order valence-corrected chi connectivity index (χ1v) is 7.16. The summed E-state index contributed by atoms with van der Waals surface area (Å²) < 4.78 is 13.7. The lowest BCUT2D eigenvalue weighted by atomic mass is 9.95. The van der Waals surface area contributed by atoms with Crippen molar-refractivity contribution in [2.45, 2.75) is 12.5 Å². The lowest BCUT2D eigenvalue weighted by Crippen LogP contribution is -2.50. The number of hydrogen-bond donors (Lipinski definition) is 2. The molecule has 0 saturated heterocycles. The molecule has 0 spiro atoms. The highest BCUT2D eigenvalue weighted by Crippen LogP contribution is 2.16. The standard InChI is InChI=1S/C16H19NO8/c1-23-12(19)8-11(15(21)24-2)13(16(22)25-3)17-14(20)9-5-4-6-10(18)7-9/h4-7,11,13,18H,8H2,1-3H3,(H,17,20)/t11-,13+/m0/s1. The van der Waals surface area contributed by atoms with E-state index < -0.39 is 42.2 Å². The van der Waals surface area contributed by atoms with E-state index in [1.807, 2.05) is 0 Å². The number of benzene rings is 1. The van der Waals surface area contributed by atoms with Crippen molar-refractivity contribution in [1.29, 1.82) is 0 Å². The van der Waals surface area contributed by atoms with Crippen LogP contribution in [0.3, 0.4) is 0 Å². The van der Waals surface area contributed by atoms with Crippen molar-refractivity contribution in [3.8, 4) is 5.75 Å². The number of phenols is 1. The Morgan fingerprint density at radius 1 is 1.04 bits per heavy atom. The average Bonchev–Trinajstić information content (AvgIpc) is 2.62. The maximum absolute atomic E-state index is 12.3. The van der Waals surface area contributed by atoms with Gasteiger partial charge in [-0.05, 0) is 18.2 Å². The Kier molecular flexibility index (Phi) is 7.39. The fourth-order valence-electron chi connectivity index (χ4n) is 2.07. The number of esters is 3. The van der Waals surface area contributed by atoms with E-state index >= 15 is 0 Å². The zero-order valence-corrected chi connectivity index (χ0v) is 14.0. The Morgan fingerprint density at radius 3 is 2.20 bits per heavy atom. The minimum absolute atomic E-state index is 0.0515. The molecule has 9 nitrogen and oxygen atoms in total. The van der Waals surface area contributed by atoms with Crippen LogP contribution in [-0.2, 0) is 28.6 Å². The Balaban J connectivity index is 3.11. The van der Waals surface area contributed by atoms with E-state index in [0.29, 0.717) is 0 Å². The van der Waals surface area contributed by atoms with Gasteiger partial charge in [-0.2, -0.15) is 0 Å². The van der Waals surface area contributed by atoms with Crippen LogP contribution in [0, 0.1) is 5.92 Å². The number of hydrogen-bond acceptors (Lipinski definition) is 8. The van der Waals surface area contributed by atoms with Crippen LogP contribution >= 0.6 is 0 Å². The highest BCUT2D eigenvalue weighted by molar-refractivity contribution is 5.98. The molecular weight excluding hydrogens is 334 g/mol. The number of nitrogens with one attached hydrogen (secondary N) is 1. The van der Waals surface area contributed by atoms with Gasteiger partial charge < -0.3 is 24.6 Å². The highest BCUT2D eigenvalue weighted by Gasteiger charge is 2.38. The number of carbonyl (C=O) groups is 4. The van der Waals surface area contributed by atoms with Crippen LogP contribution in [-0.4, -0.2) is 56.3 Å². The molecule has 25 heavy (non-hydrogen) atoms. The lowest BCUT2D eigenvalue weighted by Gasteiger charge is -2.23. The molecule has 2 N–H and O–H groups in total. The maximum atomic E-state index is 12.3. The Hall–Kier alpha value is -3.10. The van der Waals surface area contributed by atoms with E-state index in [-0.39, 0.29) is 11.3 Å². The van der Waals surface area contributed by atoms with Crippen LogP contribution in [0.1, 0.15) is 16.8 Å². The Morgan fingerprint density at radius 2 is 1.68 bits per heavy atom. The molecule has 0 heterocycles. The van der Waals surface area contributed by atoms with E-state index in [2.05, 4.69) is 19.5 Å². The summed E-state index contributed by atoms with van der Waals surface area (Å²) in [7, 11) is 3.27. The van der Waals surface area contributed by atoms with Gasteiger partial charge in [0.1, 0.15) is 11.8 Å². The normalized spacial score (nSPS) is 12.4. The Labute approximate surface area is 143 Å². The minimum Gasteiger partial charge on any atom is -0.508 e. The SMILES string of the molecule is COC(=O)C[C@H](C(=O)OC)[C@@H](NC(=O)c1cccc(O)c1)C(=O)OC. The lowest BCUT2D eigenvalue weighted by molar-refractivity contribution is -0.158. The second-order valence-electron chi connectivity index (χ2n) is 4.93. The van der Waals surface area contributed by atoms with Gasteiger partial charge in [-0.3, -0.25) is 14.4 Å². The zero-order chi connectivity index (χ0) is 19.0. The molecule has 0 aliphatic carbocycles. The molecule has 0 bridgehead atoms. The first-order chi connectivity index (χ1) is 11.8. The molecule has 1 amide bonds. The molecule has 0 fully saturated rings. The molecule has 9 heteroatoms. The van der Waals surface area contributed by atoms with Gasteiger partial charge >= 0.3 is 17.9 Å². The second-order valence-corrected chi connectivity index (χ2v) is 4.93. The summed E-state index contributed by atoms with van der Waals surface area (Å²) in [5, 5.41) is 11.8. The minimum atomic E-state index is -1.48. The number of amides is 1. The summed E-state index contributed by atoms with van der Waals surface area (Å²) >= 11 is 0. The van der Waals surface area contributed by atoms with Crippen LogP contribution in [0.2, 0.25) is 0 Å². The van der Waals surface area contributed by atoms with Gasteiger partial charge in [0.05, 0.1) is 33.7 Å². The van der Waals surface area contributed by atoms with Crippen molar-refractivity contribution in [3.05, 3.63) is 29.8 Å². The summed E-state index contributed by atoms with van der Waals surface area (Å²) in [4.78, 5) is 47.8. The molecule has 1 rings (SSSR count). The molecule has 0 unspecified atom stereocenters. The second kappa shape index (κ2) is 9.26. The van der Waals surface area contributed by atoms with E-state index in [1.54, 1.807) is 0 Å². The number of methoxy groups -OCH3 is 3. The van der Waals surface area contributed by atoms with Gasteiger partial charge in [0.25, 0.3) is 5.91 Å². The molecule has 1 aromatic carbocycles. The number of rotatable bonds is 7. The fourth-order valence-corrected chi connectivity index (χ4v) is 2.07. The molecule has 0 aliphatic heterocycles. The summed E-state index contributed by atoms with van der Waals surface area (Å²) in [6.45, 7) is 0. The van der Waals surface area contributed by atoms with Crippen molar-refractivity contribution in [1.82, 2.24) is 5.32 Å². The average molecular weight is 353 g/mol. The van der Waals surface area contributed by atoms with E-state index in [1.165, 1.54) is 24.3 Å². The van der Waals surface area contributed by atoms with E-state index in [0.717, 1.165) is 21.3 Å². The van der Waals surface area contributed by atoms with Gasteiger partial charge in [0, 0.05) is 5.56 Å². The number of ether oxygens (including phenoxy) is 3. The summed E-state index contributed by atoms with van der Waals surface area (Å²) in [6, 6.07) is 3.90. The van der Waals surface area contributed by atoms with Crippen LogP contribution < -0.4 is 5.32 Å². The topological polar surface area (TPSA) is 128 Å². The summed E-state index contributed by atoms with van der Waals surface area (Å²) in [5.41, 5.74) is 0.0515. The molecule has 136 valence electrons. The molecule has 0 aliphatic rings. The first-order valence-electron chi connectivity index (χ1n) is 7.16. The van der Waals surface area contributed by atoms with E-state index in [9.17, 15) is 24.3 Å². The van der Waals surface area contributed by atoms with Gasteiger partial charge in [-0.15, -0.1) is 0 Å². The Bertz CT molecular complexity index is 657. The predicted molar refractivity (Wildman–Crippen MR) is 83.5 cm³/mol. The van der Waals surface area contributed by atoms with Crippen molar-refractivity contribution in [2.75, 3.05) is 21.3 Å². The molecule has 1 aromatic rings. The number of carbonyl (C=O) groups excluding carboxylic acids is 4. The van der Waals surface area contributed by atoms with Crippen molar-refractivity contribution >= 4 is 23.8 Å². The third-order valence-corrected chi connectivity index (χ3v) is 3.37. The van der Waals surface area contributed by atoms with Crippen molar-refractivity contribution < 1.29 is 38.5 Å². The van der Waals surface area contributed by atoms with Crippen LogP contribution in [0.4, 0.5) is 0 Å². The summed E-state index contributed by atoms with van der Waals surface area (Å²) in [6.07, 6.45) is -0.497. The quantitative estimate of drug-likeness (QED) is 0.518. The van der Waals surface area contributed by atoms with Crippen molar-refractivity contribution in [3.63, 3.8) is 0 Å². The van der Waals surface area contributed by atoms with Crippen LogP contribution in [0.25, 0.3) is 0 Å². The molecule has 0 saturated carbocycles. The van der Waals surface area contributed by atoms with Crippen LogP contribution in [0.15, 0.2) is 24.3 Å². The maximum Gasteiger partial charge on any atom is 0.329 e. The number of aromatic hydroxyl groups is 1. The first kappa shape index (κ1) is 19.9. The van der Waals surface area contributed by atoms with E-state index in [4.69, 9.17) is 0 Å². The monoisotopic (exact) mass is 353 g/mol. The smallest absolute Gasteiger partial charge is 0.329 e. The van der Waals surface area contributed by atoms with Gasteiger partial charge in [0.2, 0.25) is 0 Å². The third-order valence-electron chi connectivity index (χ3n) is 3.37. The molecular formula is C16H19NO8. The third kappa shape index (κ3) is 5.48. The fraction of sp³-hybridized carbons (Fsp3) is 0.375. The zero-order valence-electron chi connectivity index (χ0n) is 14.0. The molecule has 0 radical (unpaired) electrons. The molecule has 2 atom stereocenters. The van der Waals surface area contributed by atoms with Gasteiger partial charge in [0.15, 0.2) is 0 Å². The largest absolute Gasteiger partial charge is 0.508 e. The molecule has 0 aromatic heterocycles. The summed E-state index contributed by atoms with van der Waals surface area (Å²) in [5.74, 6) is -4.83.